The van der Waals surface area contributed by atoms with Crippen LogP contribution in [0.1, 0.15) is 31.3 Å². The van der Waals surface area contributed by atoms with Crippen molar-refractivity contribution >= 4 is 40.9 Å². The fourth-order valence-electron chi connectivity index (χ4n) is 2.05. The molecule has 5 nitrogen and oxygen atoms in total. The van der Waals surface area contributed by atoms with Crippen molar-refractivity contribution in [1.82, 2.24) is 9.55 Å². The lowest BCUT2D eigenvalue weighted by atomic mass is 10.2. The molecule has 0 bridgehead atoms. The summed E-state index contributed by atoms with van der Waals surface area (Å²) in [6.45, 7) is 4.54. The number of nitrogens with two attached hydrogens (primary N) is 2. The molecule has 0 saturated heterocycles. The van der Waals surface area contributed by atoms with E-state index in [1.807, 2.05) is 23.7 Å². The summed E-state index contributed by atoms with van der Waals surface area (Å²) in [7, 11) is 1.95. The number of guanidine groups is 1. The Hall–Kier alpha value is -1.37. The van der Waals surface area contributed by atoms with Gasteiger partial charge in [-0.1, -0.05) is 48.8 Å². The van der Waals surface area contributed by atoms with Crippen molar-refractivity contribution < 1.29 is 0 Å². The number of aliphatic imine (C=N–C) groups is 1. The second kappa shape index (κ2) is 7.47. The summed E-state index contributed by atoms with van der Waals surface area (Å²) in [5.74, 6) is 1.12. The van der Waals surface area contributed by atoms with Crippen LogP contribution in [0.4, 0.5) is 0 Å². The van der Waals surface area contributed by atoms with Gasteiger partial charge in [0.2, 0.25) is 0 Å². The van der Waals surface area contributed by atoms with Crippen LogP contribution in [0.15, 0.2) is 33.1 Å². The van der Waals surface area contributed by atoms with Crippen LogP contribution >= 0.6 is 35.0 Å². The van der Waals surface area contributed by atoms with E-state index in [4.69, 9.17) is 34.7 Å². The Kier molecular flexibility index (Phi) is 5.84. The van der Waals surface area contributed by atoms with Gasteiger partial charge >= 0.3 is 0 Å². The molecule has 23 heavy (non-hydrogen) atoms. The van der Waals surface area contributed by atoms with Crippen molar-refractivity contribution in [2.75, 3.05) is 0 Å². The van der Waals surface area contributed by atoms with E-state index in [9.17, 15) is 0 Å². The van der Waals surface area contributed by atoms with Crippen LogP contribution in [0.5, 0.6) is 0 Å². The van der Waals surface area contributed by atoms with Gasteiger partial charge in [-0.25, -0.2) is 9.98 Å². The maximum absolute atomic E-state index is 6.08. The van der Waals surface area contributed by atoms with Gasteiger partial charge < -0.3 is 16.0 Å². The summed E-state index contributed by atoms with van der Waals surface area (Å²) in [6, 6.07) is 5.47. The van der Waals surface area contributed by atoms with E-state index in [0.29, 0.717) is 16.6 Å². The van der Waals surface area contributed by atoms with E-state index in [1.54, 1.807) is 17.8 Å². The molecule has 0 spiro atoms. The van der Waals surface area contributed by atoms with E-state index in [1.165, 1.54) is 0 Å². The fraction of sp³-hybridized carbons (Fsp3) is 0.333. The minimum absolute atomic E-state index is 0.0509. The van der Waals surface area contributed by atoms with Crippen LogP contribution in [0.2, 0.25) is 10.0 Å². The van der Waals surface area contributed by atoms with Gasteiger partial charge in [0.05, 0.1) is 5.69 Å². The molecule has 1 aromatic heterocycles. The van der Waals surface area contributed by atoms with Crippen molar-refractivity contribution in [2.45, 2.75) is 36.2 Å². The number of hydrogen-bond acceptors (Lipinski definition) is 3. The normalized spacial score (nSPS) is 11.0. The standard InChI is InChI=1S/C15H19Cl2N5S/c1-8(2)13-14(22(3)12(21-13)7-20-15(18)19)23-11-5-9(16)4-10(17)6-11/h4-6,8H,7H2,1-3H3,(H4,18,19,20). The van der Waals surface area contributed by atoms with Crippen molar-refractivity contribution in [2.24, 2.45) is 23.5 Å². The van der Waals surface area contributed by atoms with Crippen LogP contribution < -0.4 is 11.5 Å². The minimum Gasteiger partial charge on any atom is -0.370 e. The second-order valence-corrected chi connectivity index (χ2v) is 7.32. The summed E-state index contributed by atoms with van der Waals surface area (Å²) < 4.78 is 2.00. The Balaban J connectivity index is 2.41. The molecule has 0 aliphatic carbocycles. The average molecular weight is 372 g/mol. The predicted octanol–water partition coefficient (Wildman–Crippen LogP) is 3.77. The molecule has 2 rings (SSSR count). The number of rotatable bonds is 5. The Labute approximate surface area is 150 Å². The molecule has 0 aliphatic heterocycles. The van der Waals surface area contributed by atoms with Crippen LogP contribution in [-0.2, 0) is 13.6 Å². The van der Waals surface area contributed by atoms with Crippen molar-refractivity contribution in [3.8, 4) is 0 Å². The Bertz CT molecular complexity index is 715. The Morgan fingerprint density at radius 3 is 2.39 bits per heavy atom. The smallest absolute Gasteiger partial charge is 0.186 e. The van der Waals surface area contributed by atoms with Gasteiger partial charge in [-0.15, -0.1) is 0 Å². The molecule has 124 valence electrons. The predicted molar refractivity (Wildman–Crippen MR) is 97.4 cm³/mol. The third-order valence-corrected chi connectivity index (χ3v) is 4.75. The largest absolute Gasteiger partial charge is 0.370 e. The zero-order valence-corrected chi connectivity index (χ0v) is 15.5. The second-order valence-electron chi connectivity index (χ2n) is 5.38. The third-order valence-electron chi connectivity index (χ3n) is 3.16. The van der Waals surface area contributed by atoms with Gasteiger partial charge in [0.15, 0.2) is 5.96 Å². The number of benzene rings is 1. The van der Waals surface area contributed by atoms with Crippen LogP contribution in [0.25, 0.3) is 0 Å². The van der Waals surface area contributed by atoms with Crippen LogP contribution in [0.3, 0.4) is 0 Å². The summed E-state index contributed by atoms with van der Waals surface area (Å²) in [6.07, 6.45) is 0. The number of aromatic nitrogens is 2. The van der Waals surface area contributed by atoms with Crippen LogP contribution in [-0.4, -0.2) is 15.5 Å². The molecule has 0 aliphatic rings. The van der Waals surface area contributed by atoms with E-state index < -0.39 is 0 Å². The maximum atomic E-state index is 6.08. The van der Waals surface area contributed by atoms with Gasteiger partial charge in [-0.05, 0) is 24.1 Å². The summed E-state index contributed by atoms with van der Waals surface area (Å²) in [5, 5.41) is 2.24. The van der Waals surface area contributed by atoms with Gasteiger partial charge in [-0.2, -0.15) is 0 Å². The van der Waals surface area contributed by atoms with Gasteiger partial charge in [-0.3, -0.25) is 0 Å². The topological polar surface area (TPSA) is 82.2 Å². The van der Waals surface area contributed by atoms with Gasteiger partial charge in [0, 0.05) is 22.0 Å². The summed E-state index contributed by atoms with van der Waals surface area (Å²) >= 11 is 13.7. The number of hydrogen-bond donors (Lipinski definition) is 2. The maximum Gasteiger partial charge on any atom is 0.186 e. The number of halogens is 2. The van der Waals surface area contributed by atoms with Crippen molar-refractivity contribution in [1.29, 1.82) is 0 Å². The fourth-order valence-corrected chi connectivity index (χ4v) is 3.93. The quantitative estimate of drug-likeness (QED) is 0.618. The lowest BCUT2D eigenvalue weighted by molar-refractivity contribution is 0.732. The highest BCUT2D eigenvalue weighted by atomic mass is 35.5. The molecule has 0 radical (unpaired) electrons. The van der Waals surface area contributed by atoms with Crippen LogP contribution in [0, 0.1) is 0 Å². The van der Waals surface area contributed by atoms with Gasteiger partial charge in [0.25, 0.3) is 0 Å². The lowest BCUT2D eigenvalue weighted by Crippen LogP contribution is -2.22. The Morgan fingerprint density at radius 1 is 1.26 bits per heavy atom. The minimum atomic E-state index is 0.0509. The first-order valence-corrected chi connectivity index (χ1v) is 8.60. The lowest BCUT2D eigenvalue weighted by Gasteiger charge is -2.09. The number of imidazole rings is 1. The van der Waals surface area contributed by atoms with E-state index in [2.05, 4.69) is 23.8 Å². The monoisotopic (exact) mass is 371 g/mol. The molecule has 1 aromatic carbocycles. The molecule has 0 amide bonds. The molecular weight excluding hydrogens is 353 g/mol. The van der Waals surface area contributed by atoms with Crippen molar-refractivity contribution in [3.63, 3.8) is 0 Å². The molecule has 0 atom stereocenters. The molecule has 2 aromatic rings. The molecule has 0 unspecified atom stereocenters. The molecular formula is C15H19Cl2N5S. The third kappa shape index (κ3) is 4.56. The number of nitrogens with zero attached hydrogens (tertiary/aromatic N) is 3. The van der Waals surface area contributed by atoms with Gasteiger partial charge in [0.1, 0.15) is 17.4 Å². The first-order valence-electron chi connectivity index (χ1n) is 7.02. The molecule has 0 fully saturated rings. The van der Waals surface area contributed by atoms with E-state index in [-0.39, 0.29) is 11.9 Å². The Morgan fingerprint density at radius 2 is 1.87 bits per heavy atom. The van der Waals surface area contributed by atoms with E-state index in [0.717, 1.165) is 21.4 Å². The molecule has 0 saturated carbocycles. The zero-order valence-electron chi connectivity index (χ0n) is 13.2. The SMILES string of the molecule is CC(C)c1nc(CN=C(N)N)n(C)c1Sc1cc(Cl)cc(Cl)c1. The molecule has 8 heteroatoms. The average Bonchev–Trinajstić information content (AvgIpc) is 2.73. The zero-order chi connectivity index (χ0) is 17.1. The highest BCUT2D eigenvalue weighted by molar-refractivity contribution is 7.99. The summed E-state index contributed by atoms with van der Waals surface area (Å²) in [4.78, 5) is 9.68. The highest BCUT2D eigenvalue weighted by Gasteiger charge is 2.18. The van der Waals surface area contributed by atoms with E-state index >= 15 is 0 Å². The summed E-state index contributed by atoms with van der Waals surface area (Å²) in [5.41, 5.74) is 11.8. The first kappa shape index (κ1) is 18.0. The first-order chi connectivity index (χ1) is 10.8. The molecule has 1 heterocycles. The molecule has 4 N–H and O–H groups in total. The van der Waals surface area contributed by atoms with Crippen molar-refractivity contribution in [3.05, 3.63) is 39.8 Å². The highest BCUT2D eigenvalue weighted by Crippen LogP contribution is 2.36.